The molecule has 0 radical (unpaired) electrons. The zero-order valence-corrected chi connectivity index (χ0v) is 6.79. The minimum Gasteiger partial charge on any atom is -0.312 e. The van der Waals surface area contributed by atoms with Gasteiger partial charge in [-0.05, 0) is 18.8 Å². The number of nitrogens with zero attached hydrogens (tertiary/aromatic N) is 1. The van der Waals surface area contributed by atoms with Gasteiger partial charge in [0, 0.05) is 12.6 Å². The summed E-state index contributed by atoms with van der Waals surface area (Å²) >= 11 is 0. The van der Waals surface area contributed by atoms with Crippen LogP contribution in [0.3, 0.4) is 0 Å². The molecule has 0 amide bonds. The van der Waals surface area contributed by atoms with Crippen LogP contribution in [0.1, 0.15) is 25.7 Å². The minimum atomic E-state index is 0.449. The van der Waals surface area contributed by atoms with Gasteiger partial charge in [0.2, 0.25) is 0 Å². The van der Waals surface area contributed by atoms with Crippen LogP contribution in [-0.2, 0) is 0 Å². The van der Waals surface area contributed by atoms with Crippen LogP contribution in [0.25, 0.3) is 0 Å². The summed E-state index contributed by atoms with van der Waals surface area (Å²) in [5.74, 6) is 0.697. The number of hydrogen-bond donors (Lipinski definition) is 2. The van der Waals surface area contributed by atoms with Crippen molar-refractivity contribution >= 4 is 0 Å². The molecule has 1 aliphatic carbocycles. The minimum absolute atomic E-state index is 0.449. The van der Waals surface area contributed by atoms with E-state index in [1.165, 1.54) is 30.7 Å². The normalized spacial score (nSPS) is 40.1. The molecule has 3 heteroatoms. The molecular formula is C8H16N2O. The quantitative estimate of drug-likeness (QED) is 0.544. The van der Waals surface area contributed by atoms with Crippen molar-refractivity contribution in [2.24, 2.45) is 5.92 Å². The maximum absolute atomic E-state index is 9.48. The van der Waals surface area contributed by atoms with Crippen LogP contribution in [0.4, 0.5) is 0 Å². The smallest absolute Gasteiger partial charge is 0.0732 e. The van der Waals surface area contributed by atoms with Crippen molar-refractivity contribution in [1.82, 2.24) is 10.4 Å². The van der Waals surface area contributed by atoms with Crippen molar-refractivity contribution in [1.29, 1.82) is 0 Å². The second kappa shape index (κ2) is 3.09. The first-order chi connectivity index (χ1) is 5.38. The Balaban J connectivity index is 1.99. The van der Waals surface area contributed by atoms with Gasteiger partial charge in [0.1, 0.15) is 0 Å². The second-order valence-electron chi connectivity index (χ2n) is 3.66. The Morgan fingerprint density at radius 3 is 2.91 bits per heavy atom. The summed E-state index contributed by atoms with van der Waals surface area (Å²) in [6.07, 6.45) is 5.10. The highest BCUT2D eigenvalue weighted by molar-refractivity contribution is 4.84. The first kappa shape index (κ1) is 7.53. The molecule has 1 heterocycles. The van der Waals surface area contributed by atoms with Crippen LogP contribution in [-0.4, -0.2) is 29.5 Å². The molecule has 2 atom stereocenters. The molecule has 64 valence electrons. The van der Waals surface area contributed by atoms with Crippen molar-refractivity contribution in [3.05, 3.63) is 0 Å². The molecule has 2 unspecified atom stereocenters. The molecule has 0 spiro atoms. The van der Waals surface area contributed by atoms with E-state index in [4.69, 9.17) is 0 Å². The monoisotopic (exact) mass is 156 g/mol. The summed E-state index contributed by atoms with van der Waals surface area (Å²) in [5.41, 5.74) is 0. The molecule has 2 N–H and O–H groups in total. The lowest BCUT2D eigenvalue weighted by Gasteiger charge is -2.40. The Kier molecular flexibility index (Phi) is 2.11. The maximum atomic E-state index is 9.48. The Morgan fingerprint density at radius 2 is 2.09 bits per heavy atom. The van der Waals surface area contributed by atoms with Gasteiger partial charge in [0.25, 0.3) is 0 Å². The topological polar surface area (TPSA) is 35.5 Å². The molecule has 0 aromatic carbocycles. The van der Waals surface area contributed by atoms with Crippen LogP contribution in [0.2, 0.25) is 0 Å². The van der Waals surface area contributed by atoms with E-state index in [1.54, 1.807) is 0 Å². The van der Waals surface area contributed by atoms with Crippen LogP contribution < -0.4 is 5.32 Å². The van der Waals surface area contributed by atoms with E-state index < -0.39 is 0 Å². The molecule has 11 heavy (non-hydrogen) atoms. The zero-order valence-electron chi connectivity index (χ0n) is 6.79. The molecule has 2 aliphatic rings. The third-order valence-electron chi connectivity index (χ3n) is 2.93. The third kappa shape index (κ3) is 1.41. The van der Waals surface area contributed by atoms with E-state index >= 15 is 0 Å². The van der Waals surface area contributed by atoms with Crippen molar-refractivity contribution in [2.75, 3.05) is 13.2 Å². The molecule has 3 nitrogen and oxygen atoms in total. The van der Waals surface area contributed by atoms with Gasteiger partial charge >= 0.3 is 0 Å². The van der Waals surface area contributed by atoms with Gasteiger partial charge in [-0.2, -0.15) is 5.06 Å². The second-order valence-corrected chi connectivity index (χ2v) is 3.66. The van der Waals surface area contributed by atoms with Gasteiger partial charge in [-0.1, -0.05) is 12.8 Å². The van der Waals surface area contributed by atoms with Gasteiger partial charge in [-0.25, -0.2) is 0 Å². The predicted molar refractivity (Wildman–Crippen MR) is 42.2 cm³/mol. The maximum Gasteiger partial charge on any atom is 0.0732 e. The highest BCUT2D eigenvalue weighted by Gasteiger charge is 2.32. The number of fused-ring (bicyclic) bond motifs is 1. The van der Waals surface area contributed by atoms with E-state index in [2.05, 4.69) is 5.32 Å². The van der Waals surface area contributed by atoms with Gasteiger partial charge in [-0.15, -0.1) is 0 Å². The van der Waals surface area contributed by atoms with Crippen LogP contribution in [0.15, 0.2) is 0 Å². The largest absolute Gasteiger partial charge is 0.312 e. The number of nitrogens with one attached hydrogen (secondary N) is 1. The average molecular weight is 156 g/mol. The molecule has 2 fully saturated rings. The summed E-state index contributed by atoms with van der Waals surface area (Å²) in [4.78, 5) is 0. The molecule has 1 saturated heterocycles. The summed E-state index contributed by atoms with van der Waals surface area (Å²) < 4.78 is 0. The van der Waals surface area contributed by atoms with E-state index in [0.29, 0.717) is 18.6 Å². The van der Waals surface area contributed by atoms with E-state index in [0.717, 1.165) is 6.54 Å². The third-order valence-corrected chi connectivity index (χ3v) is 2.93. The molecule has 0 aromatic rings. The van der Waals surface area contributed by atoms with Crippen LogP contribution in [0, 0.1) is 5.92 Å². The predicted octanol–water partition coefficient (Wildman–Crippen LogP) is 0.797. The molecular weight excluding hydrogens is 140 g/mol. The molecule has 1 aliphatic heterocycles. The fourth-order valence-electron chi connectivity index (χ4n) is 2.30. The SMILES string of the molecule is ON1CNCC2CCCCC21. The summed E-state index contributed by atoms with van der Waals surface area (Å²) in [6.45, 7) is 1.75. The Bertz CT molecular complexity index is 138. The Hall–Kier alpha value is -0.120. The summed E-state index contributed by atoms with van der Waals surface area (Å²) in [6, 6.07) is 0.449. The van der Waals surface area contributed by atoms with E-state index in [9.17, 15) is 5.21 Å². The average Bonchev–Trinajstić information content (AvgIpc) is 2.06. The molecule has 0 bridgehead atoms. The number of rotatable bonds is 0. The van der Waals surface area contributed by atoms with Crippen molar-refractivity contribution in [3.63, 3.8) is 0 Å². The Morgan fingerprint density at radius 1 is 1.27 bits per heavy atom. The fourth-order valence-corrected chi connectivity index (χ4v) is 2.30. The van der Waals surface area contributed by atoms with E-state index in [-0.39, 0.29) is 0 Å². The van der Waals surface area contributed by atoms with Crippen LogP contribution >= 0.6 is 0 Å². The lowest BCUT2D eigenvalue weighted by molar-refractivity contribution is -0.170. The van der Waals surface area contributed by atoms with Crippen molar-refractivity contribution in [2.45, 2.75) is 31.7 Å². The van der Waals surface area contributed by atoms with Gasteiger partial charge in [0.05, 0.1) is 6.67 Å². The number of hydroxylamine groups is 2. The summed E-state index contributed by atoms with van der Waals surface area (Å²) in [7, 11) is 0. The van der Waals surface area contributed by atoms with Crippen LogP contribution in [0.5, 0.6) is 0 Å². The van der Waals surface area contributed by atoms with Gasteiger partial charge in [0.15, 0.2) is 0 Å². The molecule has 1 saturated carbocycles. The standard InChI is InChI=1S/C8H16N2O/c11-10-6-9-5-7-3-1-2-4-8(7)10/h7-9,11H,1-6H2. The first-order valence-electron chi connectivity index (χ1n) is 4.54. The highest BCUT2D eigenvalue weighted by atomic mass is 16.5. The zero-order chi connectivity index (χ0) is 7.68. The van der Waals surface area contributed by atoms with Crippen molar-refractivity contribution < 1.29 is 5.21 Å². The fraction of sp³-hybridized carbons (Fsp3) is 1.00. The lowest BCUT2D eigenvalue weighted by Crippen LogP contribution is -2.53. The number of hydrogen-bond acceptors (Lipinski definition) is 3. The van der Waals surface area contributed by atoms with Crippen molar-refractivity contribution in [3.8, 4) is 0 Å². The first-order valence-corrected chi connectivity index (χ1v) is 4.54. The summed E-state index contributed by atoms with van der Waals surface area (Å²) in [5, 5.41) is 14.2. The van der Waals surface area contributed by atoms with Gasteiger partial charge < -0.3 is 10.5 Å². The lowest BCUT2D eigenvalue weighted by atomic mass is 9.83. The highest BCUT2D eigenvalue weighted by Crippen LogP contribution is 2.28. The molecule has 0 aromatic heterocycles. The van der Waals surface area contributed by atoms with E-state index in [1.807, 2.05) is 0 Å². The molecule has 2 rings (SSSR count). The Labute approximate surface area is 67.3 Å². The van der Waals surface area contributed by atoms with Gasteiger partial charge in [-0.3, -0.25) is 0 Å².